The van der Waals surface area contributed by atoms with Crippen LogP contribution < -0.4 is 5.32 Å². The average Bonchev–Trinajstić information content (AvgIpc) is 3.12. The lowest BCUT2D eigenvalue weighted by molar-refractivity contribution is -0.154. The SMILES string of the molecule is C[C@H]1N[C@H]2C[C@H](C(=O)N3CCc4ccccc4[C@@H]3c3ccc(F)cc3)OC[C@H]2O1. The van der Waals surface area contributed by atoms with Crippen LogP contribution in [0.15, 0.2) is 48.5 Å². The number of hydrogen-bond donors (Lipinski definition) is 1. The van der Waals surface area contributed by atoms with Crippen molar-refractivity contribution < 1.29 is 18.7 Å². The van der Waals surface area contributed by atoms with E-state index in [1.165, 1.54) is 17.7 Å². The maximum Gasteiger partial charge on any atom is 0.252 e. The van der Waals surface area contributed by atoms with Crippen molar-refractivity contribution in [3.05, 3.63) is 71.0 Å². The normalized spacial score (nSPS) is 31.2. The van der Waals surface area contributed by atoms with Gasteiger partial charge in [-0.25, -0.2) is 4.39 Å². The fraction of sp³-hybridized carbons (Fsp3) is 0.435. The van der Waals surface area contributed by atoms with Crippen LogP contribution in [0.2, 0.25) is 0 Å². The predicted octanol–water partition coefficient (Wildman–Crippen LogP) is 2.79. The molecule has 2 saturated heterocycles. The molecule has 3 aliphatic rings. The summed E-state index contributed by atoms with van der Waals surface area (Å²) in [5.41, 5.74) is 3.25. The Kier molecular flexibility index (Phi) is 4.86. The highest BCUT2D eigenvalue weighted by Crippen LogP contribution is 2.36. The summed E-state index contributed by atoms with van der Waals surface area (Å²) in [6, 6.07) is 14.5. The first kappa shape index (κ1) is 18.7. The molecule has 152 valence electrons. The van der Waals surface area contributed by atoms with Crippen LogP contribution in [0.4, 0.5) is 4.39 Å². The van der Waals surface area contributed by atoms with Gasteiger partial charge in [0.15, 0.2) is 0 Å². The molecule has 0 saturated carbocycles. The Balaban J connectivity index is 1.45. The summed E-state index contributed by atoms with van der Waals surface area (Å²) >= 11 is 0. The Morgan fingerprint density at radius 1 is 1.17 bits per heavy atom. The third kappa shape index (κ3) is 3.45. The highest BCUT2D eigenvalue weighted by Gasteiger charge is 2.43. The first-order valence-electron chi connectivity index (χ1n) is 10.3. The number of carbonyl (C=O) groups is 1. The van der Waals surface area contributed by atoms with Crippen LogP contribution in [0.25, 0.3) is 0 Å². The number of nitrogens with zero attached hydrogens (tertiary/aromatic N) is 1. The van der Waals surface area contributed by atoms with E-state index in [0.717, 1.165) is 17.5 Å². The van der Waals surface area contributed by atoms with Gasteiger partial charge in [0.2, 0.25) is 0 Å². The second-order valence-corrected chi connectivity index (χ2v) is 8.08. The van der Waals surface area contributed by atoms with E-state index in [0.29, 0.717) is 19.6 Å². The van der Waals surface area contributed by atoms with E-state index < -0.39 is 6.10 Å². The summed E-state index contributed by atoms with van der Waals surface area (Å²) in [6.45, 7) is 3.01. The van der Waals surface area contributed by atoms with Gasteiger partial charge in [0.1, 0.15) is 18.1 Å². The molecule has 0 aromatic heterocycles. The smallest absolute Gasteiger partial charge is 0.252 e. The van der Waals surface area contributed by atoms with Crippen LogP contribution in [0.1, 0.15) is 36.1 Å². The zero-order valence-corrected chi connectivity index (χ0v) is 16.4. The third-order valence-electron chi connectivity index (χ3n) is 6.23. The number of hydrogen-bond acceptors (Lipinski definition) is 4. The Labute approximate surface area is 169 Å². The Morgan fingerprint density at radius 3 is 2.79 bits per heavy atom. The molecule has 1 amide bonds. The second-order valence-electron chi connectivity index (χ2n) is 8.08. The minimum Gasteiger partial charge on any atom is -0.366 e. The minimum absolute atomic E-state index is 0.00373. The van der Waals surface area contributed by atoms with E-state index >= 15 is 0 Å². The molecule has 0 bridgehead atoms. The van der Waals surface area contributed by atoms with Gasteiger partial charge in [0.25, 0.3) is 5.91 Å². The van der Waals surface area contributed by atoms with Gasteiger partial charge in [0, 0.05) is 19.0 Å². The van der Waals surface area contributed by atoms with Crippen LogP contribution >= 0.6 is 0 Å². The van der Waals surface area contributed by atoms with Gasteiger partial charge in [0.05, 0.1) is 18.8 Å². The highest BCUT2D eigenvalue weighted by atomic mass is 19.1. The first-order chi connectivity index (χ1) is 14.1. The second kappa shape index (κ2) is 7.52. The van der Waals surface area contributed by atoms with Crippen molar-refractivity contribution in [1.82, 2.24) is 10.2 Å². The van der Waals surface area contributed by atoms with Gasteiger partial charge in [-0.15, -0.1) is 0 Å². The molecule has 0 spiro atoms. The summed E-state index contributed by atoms with van der Waals surface area (Å²) < 4.78 is 25.3. The molecular weight excluding hydrogens is 371 g/mol. The fourth-order valence-corrected chi connectivity index (χ4v) is 4.86. The molecule has 5 atom stereocenters. The van der Waals surface area contributed by atoms with E-state index in [2.05, 4.69) is 17.4 Å². The minimum atomic E-state index is -0.495. The molecule has 3 aliphatic heterocycles. The molecule has 0 radical (unpaired) electrons. The first-order valence-corrected chi connectivity index (χ1v) is 10.3. The van der Waals surface area contributed by atoms with Crippen molar-refractivity contribution in [1.29, 1.82) is 0 Å². The summed E-state index contributed by atoms with van der Waals surface area (Å²) in [5, 5.41) is 3.39. The molecule has 2 aromatic rings. The lowest BCUT2D eigenvalue weighted by atomic mass is 9.87. The van der Waals surface area contributed by atoms with E-state index in [4.69, 9.17) is 9.47 Å². The monoisotopic (exact) mass is 396 g/mol. The highest BCUT2D eigenvalue weighted by molar-refractivity contribution is 5.82. The Bertz CT molecular complexity index is 903. The summed E-state index contributed by atoms with van der Waals surface area (Å²) in [5.74, 6) is -0.285. The molecule has 5 nitrogen and oxygen atoms in total. The summed E-state index contributed by atoms with van der Waals surface area (Å²) in [4.78, 5) is 15.4. The van der Waals surface area contributed by atoms with Gasteiger partial charge in [-0.05, 0) is 42.2 Å². The molecule has 5 rings (SSSR count). The maximum atomic E-state index is 13.5. The van der Waals surface area contributed by atoms with Crippen molar-refractivity contribution in [3.63, 3.8) is 0 Å². The van der Waals surface area contributed by atoms with E-state index in [1.807, 2.05) is 24.0 Å². The molecule has 0 unspecified atom stereocenters. The Hall–Kier alpha value is -2.28. The molecule has 3 heterocycles. The molecule has 2 aromatic carbocycles. The van der Waals surface area contributed by atoms with Crippen LogP contribution in [0.5, 0.6) is 0 Å². The molecule has 0 aliphatic carbocycles. The van der Waals surface area contributed by atoms with Crippen molar-refractivity contribution in [2.75, 3.05) is 13.2 Å². The number of benzene rings is 2. The van der Waals surface area contributed by atoms with E-state index in [1.54, 1.807) is 12.1 Å². The third-order valence-corrected chi connectivity index (χ3v) is 6.23. The maximum absolute atomic E-state index is 13.5. The fourth-order valence-electron chi connectivity index (χ4n) is 4.86. The molecule has 29 heavy (non-hydrogen) atoms. The van der Waals surface area contributed by atoms with Crippen molar-refractivity contribution in [3.8, 4) is 0 Å². The van der Waals surface area contributed by atoms with Crippen LogP contribution in [0, 0.1) is 5.82 Å². The number of amides is 1. The zero-order valence-electron chi connectivity index (χ0n) is 16.4. The van der Waals surface area contributed by atoms with E-state index in [-0.39, 0.29) is 36.1 Å². The lowest BCUT2D eigenvalue weighted by Crippen LogP contribution is -2.52. The number of rotatable bonds is 2. The van der Waals surface area contributed by atoms with Crippen molar-refractivity contribution in [2.24, 2.45) is 0 Å². The van der Waals surface area contributed by atoms with Gasteiger partial charge in [-0.2, -0.15) is 0 Å². The number of halogens is 1. The lowest BCUT2D eigenvalue weighted by Gasteiger charge is -2.41. The van der Waals surface area contributed by atoms with Crippen LogP contribution in [-0.2, 0) is 20.7 Å². The molecule has 2 fully saturated rings. The van der Waals surface area contributed by atoms with Crippen LogP contribution in [0.3, 0.4) is 0 Å². The van der Waals surface area contributed by atoms with Gasteiger partial charge in [-0.3, -0.25) is 10.1 Å². The Morgan fingerprint density at radius 2 is 1.97 bits per heavy atom. The molecule has 1 N–H and O–H groups in total. The number of ether oxygens (including phenoxy) is 2. The molecule has 6 heteroatoms. The average molecular weight is 396 g/mol. The van der Waals surface area contributed by atoms with Crippen LogP contribution in [-0.4, -0.2) is 48.4 Å². The zero-order chi connectivity index (χ0) is 20.0. The number of nitrogens with one attached hydrogen (secondary N) is 1. The van der Waals surface area contributed by atoms with Gasteiger partial charge >= 0.3 is 0 Å². The number of carbonyl (C=O) groups excluding carboxylic acids is 1. The van der Waals surface area contributed by atoms with E-state index in [9.17, 15) is 9.18 Å². The van der Waals surface area contributed by atoms with Gasteiger partial charge in [-0.1, -0.05) is 36.4 Å². The topological polar surface area (TPSA) is 50.8 Å². The quantitative estimate of drug-likeness (QED) is 0.848. The van der Waals surface area contributed by atoms with Gasteiger partial charge < -0.3 is 14.4 Å². The number of fused-ring (bicyclic) bond motifs is 2. The van der Waals surface area contributed by atoms with Crippen molar-refractivity contribution >= 4 is 5.91 Å². The summed E-state index contributed by atoms with van der Waals surface area (Å²) in [7, 11) is 0. The van der Waals surface area contributed by atoms with Crippen molar-refractivity contribution in [2.45, 2.75) is 50.3 Å². The predicted molar refractivity (Wildman–Crippen MR) is 106 cm³/mol. The molecular formula is C23H25FN2O3. The standard InChI is InChI=1S/C23H25FN2O3/c1-14-25-19-12-20(28-13-21(19)29-14)23(27)26-11-10-15-4-2-3-5-18(15)22(26)16-6-8-17(24)9-7-16/h2-9,14,19-22,25H,10-13H2,1H3/t14-,19-,20+,21+,22-/m0/s1. The largest absolute Gasteiger partial charge is 0.366 e. The summed E-state index contributed by atoms with van der Waals surface area (Å²) in [6.07, 6.45) is 0.894.